The van der Waals surface area contributed by atoms with Gasteiger partial charge >= 0.3 is 0 Å². The maximum atomic E-state index is 11.6. The van der Waals surface area contributed by atoms with Crippen LogP contribution in [0.25, 0.3) is 0 Å². The third-order valence-corrected chi connectivity index (χ3v) is 2.45. The summed E-state index contributed by atoms with van der Waals surface area (Å²) in [5.41, 5.74) is 0. The summed E-state index contributed by atoms with van der Waals surface area (Å²) in [6, 6.07) is 0. The summed E-state index contributed by atoms with van der Waals surface area (Å²) < 4.78 is 11.6. The van der Waals surface area contributed by atoms with Crippen LogP contribution in [0, 0.1) is 5.92 Å². The van der Waals surface area contributed by atoms with E-state index >= 15 is 0 Å². The summed E-state index contributed by atoms with van der Waals surface area (Å²) in [4.78, 5) is 0. The minimum Gasteiger partial charge on any atom is -0.316 e. The van der Waals surface area contributed by atoms with E-state index in [2.05, 4.69) is 5.32 Å². The zero-order chi connectivity index (χ0) is 8.10. The standard InChI is InChI=1S/C8H15ClFN/c9-8-4-7(5-8)6-11-3-1-2-10/h7-8,11H,1-6H2. The van der Waals surface area contributed by atoms with Gasteiger partial charge in [-0.15, -0.1) is 11.6 Å². The van der Waals surface area contributed by atoms with E-state index < -0.39 is 0 Å². The molecule has 0 aromatic carbocycles. The Bertz CT molecular complexity index is 104. The van der Waals surface area contributed by atoms with Crippen molar-refractivity contribution in [3.63, 3.8) is 0 Å². The molecule has 3 heteroatoms. The zero-order valence-electron chi connectivity index (χ0n) is 6.65. The van der Waals surface area contributed by atoms with Gasteiger partial charge in [-0.1, -0.05) is 0 Å². The Kier molecular flexibility index (Phi) is 4.16. The molecule has 0 aromatic heterocycles. The average molecular weight is 180 g/mol. The lowest BCUT2D eigenvalue weighted by Crippen LogP contribution is -2.34. The van der Waals surface area contributed by atoms with E-state index in [0.29, 0.717) is 11.8 Å². The van der Waals surface area contributed by atoms with Crippen LogP contribution in [-0.4, -0.2) is 25.1 Å². The molecule has 0 saturated heterocycles. The van der Waals surface area contributed by atoms with Gasteiger partial charge in [-0.05, 0) is 38.3 Å². The van der Waals surface area contributed by atoms with E-state index in [1.807, 2.05) is 0 Å². The van der Waals surface area contributed by atoms with Crippen molar-refractivity contribution in [2.45, 2.75) is 24.6 Å². The van der Waals surface area contributed by atoms with Crippen LogP contribution in [0.2, 0.25) is 0 Å². The van der Waals surface area contributed by atoms with E-state index in [1.54, 1.807) is 0 Å². The molecule has 1 N–H and O–H groups in total. The molecule has 0 atom stereocenters. The molecule has 1 rings (SSSR count). The molecule has 1 saturated carbocycles. The topological polar surface area (TPSA) is 12.0 Å². The minimum atomic E-state index is -0.213. The van der Waals surface area contributed by atoms with Crippen molar-refractivity contribution in [3.05, 3.63) is 0 Å². The first-order valence-electron chi connectivity index (χ1n) is 4.23. The summed E-state index contributed by atoms with van der Waals surface area (Å²) >= 11 is 5.80. The third-order valence-electron chi connectivity index (χ3n) is 2.10. The van der Waals surface area contributed by atoms with E-state index in [4.69, 9.17) is 11.6 Å². The Balaban J connectivity index is 1.81. The second kappa shape index (κ2) is 4.94. The van der Waals surface area contributed by atoms with Gasteiger partial charge in [-0.2, -0.15) is 0 Å². The van der Waals surface area contributed by atoms with Gasteiger partial charge in [0.15, 0.2) is 0 Å². The van der Waals surface area contributed by atoms with Crippen LogP contribution in [0.5, 0.6) is 0 Å². The SMILES string of the molecule is FCCCNCC1CC(Cl)C1. The minimum absolute atomic E-state index is 0.213. The Morgan fingerprint density at radius 3 is 2.73 bits per heavy atom. The molecule has 0 amide bonds. The lowest BCUT2D eigenvalue weighted by atomic mass is 9.85. The fourth-order valence-corrected chi connectivity index (χ4v) is 1.82. The van der Waals surface area contributed by atoms with Gasteiger partial charge < -0.3 is 5.32 Å². The molecule has 66 valence electrons. The molecule has 0 heterocycles. The smallest absolute Gasteiger partial charge is 0.0906 e. The van der Waals surface area contributed by atoms with Crippen LogP contribution in [0.3, 0.4) is 0 Å². The predicted molar refractivity (Wildman–Crippen MR) is 45.8 cm³/mol. The van der Waals surface area contributed by atoms with Crippen LogP contribution in [0.15, 0.2) is 0 Å². The fraction of sp³-hybridized carbons (Fsp3) is 1.00. The van der Waals surface area contributed by atoms with Gasteiger partial charge in [-0.3, -0.25) is 4.39 Å². The first-order chi connectivity index (χ1) is 5.33. The van der Waals surface area contributed by atoms with Gasteiger partial charge in [0.1, 0.15) is 0 Å². The highest BCUT2D eigenvalue weighted by Crippen LogP contribution is 2.30. The van der Waals surface area contributed by atoms with Gasteiger partial charge in [0.2, 0.25) is 0 Å². The maximum absolute atomic E-state index is 11.6. The van der Waals surface area contributed by atoms with Crippen molar-refractivity contribution in [3.8, 4) is 0 Å². The molecule has 11 heavy (non-hydrogen) atoms. The predicted octanol–water partition coefficient (Wildman–Crippen LogP) is 1.95. The monoisotopic (exact) mass is 179 g/mol. The van der Waals surface area contributed by atoms with Crippen LogP contribution in [-0.2, 0) is 0 Å². The van der Waals surface area contributed by atoms with Crippen molar-refractivity contribution in [1.29, 1.82) is 0 Å². The summed E-state index contributed by atoms with van der Waals surface area (Å²) in [6.07, 6.45) is 2.89. The first kappa shape index (κ1) is 9.27. The molecule has 0 unspecified atom stereocenters. The Morgan fingerprint density at radius 2 is 2.18 bits per heavy atom. The second-order valence-corrected chi connectivity index (χ2v) is 3.80. The molecular weight excluding hydrogens is 165 g/mol. The van der Waals surface area contributed by atoms with Crippen molar-refractivity contribution in [2.24, 2.45) is 5.92 Å². The van der Waals surface area contributed by atoms with E-state index in [-0.39, 0.29) is 6.67 Å². The highest BCUT2D eigenvalue weighted by Gasteiger charge is 2.26. The Morgan fingerprint density at radius 1 is 1.45 bits per heavy atom. The van der Waals surface area contributed by atoms with Crippen molar-refractivity contribution >= 4 is 11.6 Å². The summed E-state index contributed by atoms with van der Waals surface area (Å²) in [5, 5.41) is 3.62. The number of hydrogen-bond acceptors (Lipinski definition) is 1. The first-order valence-corrected chi connectivity index (χ1v) is 4.67. The number of alkyl halides is 2. The van der Waals surface area contributed by atoms with Crippen LogP contribution in [0.1, 0.15) is 19.3 Å². The molecule has 1 aliphatic carbocycles. The van der Waals surface area contributed by atoms with Gasteiger partial charge in [0.25, 0.3) is 0 Å². The lowest BCUT2D eigenvalue weighted by molar-refractivity contribution is 0.306. The molecule has 0 bridgehead atoms. The fourth-order valence-electron chi connectivity index (χ4n) is 1.32. The van der Waals surface area contributed by atoms with Crippen LogP contribution in [0.4, 0.5) is 4.39 Å². The Labute approximate surface area is 72.3 Å². The molecule has 0 aliphatic heterocycles. The number of halogens is 2. The number of rotatable bonds is 5. The number of hydrogen-bond donors (Lipinski definition) is 1. The van der Waals surface area contributed by atoms with Crippen molar-refractivity contribution in [1.82, 2.24) is 5.32 Å². The molecule has 0 radical (unpaired) electrons. The van der Waals surface area contributed by atoms with E-state index in [1.165, 1.54) is 0 Å². The molecule has 1 nitrogen and oxygen atoms in total. The normalized spacial score (nSPS) is 30.0. The third kappa shape index (κ3) is 3.39. The molecular formula is C8H15ClFN. The lowest BCUT2D eigenvalue weighted by Gasteiger charge is -2.30. The van der Waals surface area contributed by atoms with Gasteiger partial charge in [-0.25, -0.2) is 0 Å². The van der Waals surface area contributed by atoms with E-state index in [0.717, 1.165) is 31.8 Å². The van der Waals surface area contributed by atoms with Gasteiger partial charge in [0.05, 0.1) is 6.67 Å². The highest BCUT2D eigenvalue weighted by molar-refractivity contribution is 6.21. The zero-order valence-corrected chi connectivity index (χ0v) is 7.41. The van der Waals surface area contributed by atoms with Gasteiger partial charge in [0, 0.05) is 5.38 Å². The molecule has 0 aromatic rings. The highest BCUT2D eigenvalue weighted by atomic mass is 35.5. The Hall–Kier alpha value is 0.180. The quantitative estimate of drug-likeness (QED) is 0.503. The van der Waals surface area contributed by atoms with Crippen molar-refractivity contribution in [2.75, 3.05) is 19.8 Å². The van der Waals surface area contributed by atoms with E-state index in [9.17, 15) is 4.39 Å². The summed E-state index contributed by atoms with van der Waals surface area (Å²) in [5.74, 6) is 0.747. The number of nitrogens with one attached hydrogen (secondary N) is 1. The summed E-state index contributed by atoms with van der Waals surface area (Å²) in [7, 11) is 0. The average Bonchev–Trinajstić information content (AvgIpc) is 1.94. The van der Waals surface area contributed by atoms with Crippen LogP contribution < -0.4 is 5.32 Å². The largest absolute Gasteiger partial charge is 0.316 e. The summed E-state index contributed by atoms with van der Waals surface area (Å²) in [6.45, 7) is 1.61. The van der Waals surface area contributed by atoms with Crippen LogP contribution >= 0.6 is 11.6 Å². The second-order valence-electron chi connectivity index (χ2n) is 3.18. The van der Waals surface area contributed by atoms with Crippen molar-refractivity contribution < 1.29 is 4.39 Å². The molecule has 0 spiro atoms. The molecule has 1 aliphatic rings. The molecule has 1 fully saturated rings. The maximum Gasteiger partial charge on any atom is 0.0906 e.